The Morgan fingerprint density at radius 3 is 2.00 bits per heavy atom. The van der Waals surface area contributed by atoms with E-state index in [4.69, 9.17) is 0 Å². The first kappa shape index (κ1) is 26.7. The van der Waals surface area contributed by atoms with E-state index in [1.165, 1.54) is 82.6 Å². The van der Waals surface area contributed by atoms with Crippen LogP contribution in [0.1, 0.15) is 115 Å². The minimum absolute atomic E-state index is 0.390. The Hall–Kier alpha value is -1.57. The van der Waals surface area contributed by atoms with Crippen LogP contribution in [0.5, 0.6) is 0 Å². The molecular formula is C30H49NO. The number of rotatable bonds is 17. The van der Waals surface area contributed by atoms with Crippen molar-refractivity contribution in [3.63, 3.8) is 0 Å². The molecule has 0 aromatic heterocycles. The van der Waals surface area contributed by atoms with Crippen LogP contribution in [0.3, 0.4) is 0 Å². The van der Waals surface area contributed by atoms with Gasteiger partial charge in [0, 0.05) is 19.5 Å². The molecule has 2 heteroatoms. The van der Waals surface area contributed by atoms with Gasteiger partial charge in [-0.1, -0.05) is 101 Å². The van der Waals surface area contributed by atoms with Gasteiger partial charge in [0.25, 0.3) is 0 Å². The van der Waals surface area contributed by atoms with E-state index >= 15 is 0 Å². The van der Waals surface area contributed by atoms with Gasteiger partial charge < -0.3 is 4.90 Å². The molecule has 0 radical (unpaired) electrons. The molecule has 0 aliphatic carbocycles. The van der Waals surface area contributed by atoms with Gasteiger partial charge in [0.1, 0.15) is 0 Å². The van der Waals surface area contributed by atoms with Crippen LogP contribution in [-0.2, 0) is 11.2 Å². The minimum atomic E-state index is 0.390. The Kier molecular flexibility index (Phi) is 14.9. The van der Waals surface area contributed by atoms with Crippen molar-refractivity contribution in [2.45, 2.75) is 116 Å². The molecule has 1 amide bonds. The summed E-state index contributed by atoms with van der Waals surface area (Å²) >= 11 is 0. The number of nitrogens with zero attached hydrogens (tertiary/aromatic N) is 1. The predicted octanol–water partition coefficient (Wildman–Crippen LogP) is 8.51. The summed E-state index contributed by atoms with van der Waals surface area (Å²) in [5.41, 5.74) is 1.44. The van der Waals surface area contributed by atoms with E-state index in [1.807, 2.05) is 0 Å². The molecule has 1 heterocycles. The summed E-state index contributed by atoms with van der Waals surface area (Å²) in [6.45, 7) is 4.20. The second kappa shape index (κ2) is 17.9. The highest BCUT2D eigenvalue weighted by molar-refractivity contribution is 5.76. The Balaban J connectivity index is 1.38. The number of allylic oxidation sites excluding steroid dienone is 2. The van der Waals surface area contributed by atoms with Gasteiger partial charge >= 0.3 is 0 Å². The summed E-state index contributed by atoms with van der Waals surface area (Å²) in [5.74, 6) is 1.13. The molecule has 1 aliphatic heterocycles. The summed E-state index contributed by atoms with van der Waals surface area (Å²) in [6, 6.07) is 10.8. The number of carbonyl (C=O) groups excluding carboxylic acids is 1. The van der Waals surface area contributed by atoms with E-state index < -0.39 is 0 Å². The van der Waals surface area contributed by atoms with E-state index in [0.717, 1.165) is 51.1 Å². The molecule has 0 bridgehead atoms. The van der Waals surface area contributed by atoms with Gasteiger partial charge in [-0.25, -0.2) is 0 Å². The molecule has 0 saturated carbocycles. The molecule has 1 aliphatic rings. The lowest BCUT2D eigenvalue weighted by Crippen LogP contribution is -2.38. The van der Waals surface area contributed by atoms with Gasteiger partial charge in [0.05, 0.1) is 0 Å². The second-order valence-electron chi connectivity index (χ2n) is 9.85. The maximum Gasteiger partial charge on any atom is 0.222 e. The molecule has 0 spiro atoms. The number of hydrogen-bond donors (Lipinski definition) is 0. The lowest BCUT2D eigenvalue weighted by atomic mass is 9.90. The Morgan fingerprint density at radius 1 is 0.812 bits per heavy atom. The van der Waals surface area contributed by atoms with Crippen LogP contribution in [0, 0.1) is 5.92 Å². The average molecular weight is 440 g/mol. The van der Waals surface area contributed by atoms with E-state index in [1.54, 1.807) is 0 Å². The van der Waals surface area contributed by atoms with Crippen molar-refractivity contribution in [2.24, 2.45) is 5.92 Å². The molecule has 180 valence electrons. The molecule has 0 N–H and O–H groups in total. The third kappa shape index (κ3) is 12.5. The van der Waals surface area contributed by atoms with Gasteiger partial charge in [-0.15, -0.1) is 0 Å². The zero-order valence-electron chi connectivity index (χ0n) is 20.9. The lowest BCUT2D eigenvalue weighted by Gasteiger charge is -2.32. The Morgan fingerprint density at radius 2 is 1.38 bits per heavy atom. The molecule has 32 heavy (non-hydrogen) atoms. The highest BCUT2D eigenvalue weighted by Crippen LogP contribution is 2.22. The van der Waals surface area contributed by atoms with Crippen molar-refractivity contribution in [1.82, 2.24) is 4.90 Å². The highest BCUT2D eigenvalue weighted by atomic mass is 16.2. The van der Waals surface area contributed by atoms with Crippen LogP contribution in [0.2, 0.25) is 0 Å². The number of piperidine rings is 1. The Bertz CT molecular complexity index is 601. The Labute approximate surface area is 198 Å². The summed E-state index contributed by atoms with van der Waals surface area (Å²) < 4.78 is 0. The maximum absolute atomic E-state index is 12.5. The first-order valence-corrected chi connectivity index (χ1v) is 13.8. The summed E-state index contributed by atoms with van der Waals surface area (Å²) in [7, 11) is 0. The topological polar surface area (TPSA) is 20.3 Å². The molecule has 2 rings (SSSR count). The summed E-state index contributed by atoms with van der Waals surface area (Å²) in [4.78, 5) is 14.6. The summed E-state index contributed by atoms with van der Waals surface area (Å²) in [6.07, 6.45) is 26.0. The van der Waals surface area contributed by atoms with Crippen molar-refractivity contribution in [2.75, 3.05) is 13.1 Å². The van der Waals surface area contributed by atoms with Crippen LogP contribution in [0.25, 0.3) is 0 Å². The standard InChI is InChI=1S/C30H49NO/c1-2-3-4-5-6-7-8-9-10-11-12-13-14-15-19-22-30(32)31-25-23-29(24-26-31)27-28-20-17-16-18-21-28/h9-10,16-18,20-21,29H,2-8,11-15,19,22-27H2,1H3/b10-9-. The smallest absolute Gasteiger partial charge is 0.222 e. The zero-order valence-corrected chi connectivity index (χ0v) is 20.9. The normalized spacial score (nSPS) is 15.0. The zero-order chi connectivity index (χ0) is 22.7. The van der Waals surface area contributed by atoms with Crippen molar-refractivity contribution < 1.29 is 4.79 Å². The maximum atomic E-state index is 12.5. The third-order valence-corrected chi connectivity index (χ3v) is 6.99. The van der Waals surface area contributed by atoms with Crippen molar-refractivity contribution in [3.05, 3.63) is 48.0 Å². The molecule has 1 saturated heterocycles. The van der Waals surface area contributed by atoms with Gasteiger partial charge in [-0.2, -0.15) is 0 Å². The molecular weight excluding hydrogens is 390 g/mol. The van der Waals surface area contributed by atoms with Crippen molar-refractivity contribution in [3.8, 4) is 0 Å². The molecule has 0 atom stereocenters. The average Bonchev–Trinajstić information content (AvgIpc) is 2.82. The predicted molar refractivity (Wildman–Crippen MR) is 139 cm³/mol. The fourth-order valence-corrected chi connectivity index (χ4v) is 4.84. The minimum Gasteiger partial charge on any atom is -0.343 e. The quantitative estimate of drug-likeness (QED) is 0.176. The SMILES string of the molecule is CCCCCCCC/C=C\CCCCCCCC(=O)N1CCC(Cc2ccccc2)CC1. The van der Waals surface area contributed by atoms with Crippen LogP contribution in [-0.4, -0.2) is 23.9 Å². The monoisotopic (exact) mass is 439 g/mol. The molecule has 1 fully saturated rings. The van der Waals surface area contributed by atoms with E-state index in [-0.39, 0.29) is 0 Å². The van der Waals surface area contributed by atoms with Crippen LogP contribution >= 0.6 is 0 Å². The van der Waals surface area contributed by atoms with Gasteiger partial charge in [-0.3, -0.25) is 4.79 Å². The van der Waals surface area contributed by atoms with Crippen molar-refractivity contribution >= 4 is 5.91 Å². The van der Waals surface area contributed by atoms with E-state index in [2.05, 4.69) is 54.3 Å². The van der Waals surface area contributed by atoms with Crippen molar-refractivity contribution in [1.29, 1.82) is 0 Å². The summed E-state index contributed by atoms with van der Waals surface area (Å²) in [5, 5.41) is 0. The molecule has 2 nitrogen and oxygen atoms in total. The van der Waals surface area contributed by atoms with E-state index in [0.29, 0.717) is 5.91 Å². The fraction of sp³-hybridized carbons (Fsp3) is 0.700. The van der Waals surface area contributed by atoms with Gasteiger partial charge in [0.15, 0.2) is 0 Å². The fourth-order valence-electron chi connectivity index (χ4n) is 4.84. The largest absolute Gasteiger partial charge is 0.343 e. The first-order chi connectivity index (χ1) is 15.8. The van der Waals surface area contributed by atoms with Crippen LogP contribution in [0.15, 0.2) is 42.5 Å². The van der Waals surface area contributed by atoms with Crippen LogP contribution in [0.4, 0.5) is 0 Å². The van der Waals surface area contributed by atoms with Crippen LogP contribution < -0.4 is 0 Å². The number of likely N-dealkylation sites (tertiary alicyclic amines) is 1. The molecule has 1 aromatic rings. The first-order valence-electron chi connectivity index (χ1n) is 13.8. The molecule has 0 unspecified atom stereocenters. The van der Waals surface area contributed by atoms with E-state index in [9.17, 15) is 4.79 Å². The van der Waals surface area contributed by atoms with Gasteiger partial charge in [0.2, 0.25) is 5.91 Å². The number of hydrogen-bond acceptors (Lipinski definition) is 1. The van der Waals surface area contributed by atoms with Gasteiger partial charge in [-0.05, 0) is 62.8 Å². The number of benzene rings is 1. The molecule has 1 aromatic carbocycles. The number of amides is 1. The third-order valence-electron chi connectivity index (χ3n) is 6.99. The number of carbonyl (C=O) groups is 1. The lowest BCUT2D eigenvalue weighted by molar-refractivity contribution is -0.132. The number of unbranched alkanes of at least 4 members (excludes halogenated alkanes) is 11. The highest BCUT2D eigenvalue weighted by Gasteiger charge is 2.22. The second-order valence-corrected chi connectivity index (χ2v) is 9.85.